The molecule has 0 unspecified atom stereocenters. The molecule has 1 N–H and O–H groups in total. The maximum absolute atomic E-state index is 10.9. The number of carbonyl (C=O) groups is 2. The lowest BCUT2D eigenvalue weighted by molar-refractivity contribution is -0.146. The number of aliphatic carboxylic acids is 1. The van der Waals surface area contributed by atoms with Crippen LogP contribution in [-0.2, 0) is 14.3 Å². The average molecular weight is 210 g/mol. The zero-order chi connectivity index (χ0) is 9.72. The van der Waals surface area contributed by atoms with Gasteiger partial charge in [0.05, 0.1) is 6.61 Å². The lowest BCUT2D eigenvalue weighted by atomic mass is 10.3. The summed E-state index contributed by atoms with van der Waals surface area (Å²) in [4.78, 5) is 21.2. The summed E-state index contributed by atoms with van der Waals surface area (Å²) in [6, 6.07) is 0. The molecule has 0 fully saturated rings. The lowest BCUT2D eigenvalue weighted by Crippen LogP contribution is -2.33. The highest BCUT2D eigenvalue weighted by Gasteiger charge is 2.28. The first-order valence-electron chi connectivity index (χ1n) is 3.26. The number of ether oxygens (including phenoxy) is 1. The average Bonchev–Trinajstić information content (AvgIpc) is 2.02. The Hall–Kier alpha value is -0.360. The zero-order valence-corrected chi connectivity index (χ0v) is 8.22. The maximum Gasteiger partial charge on any atom is 0.320 e. The van der Waals surface area contributed by atoms with Crippen molar-refractivity contribution in [3.05, 3.63) is 0 Å². The molecular formula is C6H10O4S2. The Balaban J connectivity index is 4.09. The molecule has 0 amide bonds. The molecule has 0 heterocycles. The summed E-state index contributed by atoms with van der Waals surface area (Å²) in [5.41, 5.74) is 0. The summed E-state index contributed by atoms with van der Waals surface area (Å²) in [6.45, 7) is 1.84. The fourth-order valence-electron chi connectivity index (χ4n) is 0.492. The first kappa shape index (κ1) is 11.6. The van der Waals surface area contributed by atoms with Crippen LogP contribution >= 0.6 is 25.3 Å². The van der Waals surface area contributed by atoms with Crippen LogP contribution in [0.1, 0.15) is 6.92 Å². The van der Waals surface area contributed by atoms with Crippen molar-refractivity contribution in [2.75, 3.05) is 6.61 Å². The summed E-state index contributed by atoms with van der Waals surface area (Å²) < 4.78 is 4.55. The standard InChI is InChI=1S/C6H10O4S2/c1-2-10-6(9)4(12)3(11)5(7)8/h3-4,11-12H,2H2,1H3,(H,7,8)/t3-,4+/m1/s1. The molecule has 0 rings (SSSR count). The van der Waals surface area contributed by atoms with Gasteiger partial charge in [-0.05, 0) is 6.92 Å². The maximum atomic E-state index is 10.9. The minimum atomic E-state index is -1.19. The van der Waals surface area contributed by atoms with Gasteiger partial charge in [0.15, 0.2) is 0 Å². The molecule has 0 aromatic carbocycles. The van der Waals surface area contributed by atoms with Gasteiger partial charge in [0.1, 0.15) is 10.5 Å². The molecule has 0 aliphatic rings. The number of thiol groups is 2. The van der Waals surface area contributed by atoms with E-state index in [1.165, 1.54) is 0 Å². The number of esters is 1. The van der Waals surface area contributed by atoms with Crippen molar-refractivity contribution in [1.29, 1.82) is 0 Å². The second kappa shape index (κ2) is 5.31. The van der Waals surface area contributed by atoms with Crippen LogP contribution in [-0.4, -0.2) is 34.2 Å². The second-order valence-corrected chi connectivity index (χ2v) is 3.09. The quantitative estimate of drug-likeness (QED) is 0.459. The van der Waals surface area contributed by atoms with E-state index < -0.39 is 22.4 Å². The van der Waals surface area contributed by atoms with Gasteiger partial charge in [0.2, 0.25) is 0 Å². The highest BCUT2D eigenvalue weighted by molar-refractivity contribution is 7.86. The van der Waals surface area contributed by atoms with E-state index in [2.05, 4.69) is 30.0 Å². The van der Waals surface area contributed by atoms with Gasteiger partial charge in [0, 0.05) is 0 Å². The van der Waals surface area contributed by atoms with Crippen molar-refractivity contribution in [1.82, 2.24) is 0 Å². The van der Waals surface area contributed by atoms with Gasteiger partial charge in [-0.1, -0.05) is 0 Å². The van der Waals surface area contributed by atoms with Crippen LogP contribution < -0.4 is 0 Å². The van der Waals surface area contributed by atoms with E-state index in [1.807, 2.05) is 0 Å². The van der Waals surface area contributed by atoms with Crippen LogP contribution in [0.2, 0.25) is 0 Å². The van der Waals surface area contributed by atoms with Gasteiger partial charge < -0.3 is 9.84 Å². The Morgan fingerprint density at radius 3 is 2.25 bits per heavy atom. The first-order chi connectivity index (χ1) is 5.50. The molecule has 4 nitrogen and oxygen atoms in total. The SMILES string of the molecule is CCOC(=O)[C@@H](S)[C@@H](S)C(=O)O. The van der Waals surface area contributed by atoms with E-state index in [-0.39, 0.29) is 6.61 Å². The van der Waals surface area contributed by atoms with Crippen LogP contribution in [0.3, 0.4) is 0 Å². The lowest BCUT2D eigenvalue weighted by Gasteiger charge is -2.12. The van der Waals surface area contributed by atoms with Gasteiger partial charge in [-0.3, -0.25) is 9.59 Å². The highest BCUT2D eigenvalue weighted by atomic mass is 32.1. The van der Waals surface area contributed by atoms with E-state index in [0.717, 1.165) is 0 Å². The molecule has 0 spiro atoms. The normalized spacial score (nSPS) is 14.9. The monoisotopic (exact) mass is 210 g/mol. The second-order valence-electron chi connectivity index (χ2n) is 1.98. The summed E-state index contributed by atoms with van der Waals surface area (Å²) in [5.74, 6) is -1.85. The minimum absolute atomic E-state index is 0.204. The molecule has 0 aliphatic carbocycles. The van der Waals surface area contributed by atoms with Gasteiger partial charge in [0.25, 0.3) is 0 Å². The van der Waals surface area contributed by atoms with E-state index in [9.17, 15) is 9.59 Å². The van der Waals surface area contributed by atoms with Crippen LogP contribution in [0.5, 0.6) is 0 Å². The molecule has 0 aromatic rings. The van der Waals surface area contributed by atoms with Crippen molar-refractivity contribution >= 4 is 37.2 Å². The molecule has 6 heteroatoms. The van der Waals surface area contributed by atoms with Crippen LogP contribution in [0.15, 0.2) is 0 Å². The number of carboxylic acids is 1. The third kappa shape index (κ3) is 3.36. The zero-order valence-electron chi connectivity index (χ0n) is 6.43. The Bertz CT molecular complexity index is 182. The van der Waals surface area contributed by atoms with Crippen LogP contribution in [0.4, 0.5) is 0 Å². The highest BCUT2D eigenvalue weighted by Crippen LogP contribution is 2.10. The topological polar surface area (TPSA) is 63.6 Å². The summed E-state index contributed by atoms with van der Waals surface area (Å²) in [7, 11) is 0. The fraction of sp³-hybridized carbons (Fsp3) is 0.667. The number of hydrogen-bond acceptors (Lipinski definition) is 5. The van der Waals surface area contributed by atoms with E-state index >= 15 is 0 Å². The smallest absolute Gasteiger partial charge is 0.320 e. The van der Waals surface area contributed by atoms with Gasteiger partial charge in [-0.15, -0.1) is 0 Å². The largest absolute Gasteiger partial charge is 0.480 e. The summed E-state index contributed by atoms with van der Waals surface area (Å²) >= 11 is 7.44. The number of hydrogen-bond donors (Lipinski definition) is 3. The molecule has 0 aliphatic heterocycles. The number of carbonyl (C=O) groups excluding carboxylic acids is 1. The minimum Gasteiger partial charge on any atom is -0.480 e. The molecule has 0 aromatic heterocycles. The Morgan fingerprint density at radius 2 is 1.92 bits per heavy atom. The fourth-order valence-corrected chi connectivity index (χ4v) is 0.815. The molecule has 0 bridgehead atoms. The number of rotatable bonds is 4. The molecular weight excluding hydrogens is 200 g/mol. The molecule has 0 saturated heterocycles. The van der Waals surface area contributed by atoms with E-state index in [1.54, 1.807) is 6.92 Å². The van der Waals surface area contributed by atoms with E-state index in [0.29, 0.717) is 0 Å². The van der Waals surface area contributed by atoms with Gasteiger partial charge in [-0.2, -0.15) is 25.3 Å². The molecule has 70 valence electrons. The Labute approximate surface area is 81.1 Å². The molecule has 2 atom stereocenters. The van der Waals surface area contributed by atoms with E-state index in [4.69, 9.17) is 5.11 Å². The summed E-state index contributed by atoms with van der Waals surface area (Å²) in [5, 5.41) is 6.28. The van der Waals surface area contributed by atoms with Gasteiger partial charge in [-0.25, -0.2) is 0 Å². The third-order valence-electron chi connectivity index (χ3n) is 1.08. The van der Waals surface area contributed by atoms with Crippen molar-refractivity contribution in [3.8, 4) is 0 Å². The third-order valence-corrected chi connectivity index (χ3v) is 2.34. The van der Waals surface area contributed by atoms with Crippen molar-refractivity contribution in [3.63, 3.8) is 0 Å². The predicted octanol–water partition coefficient (Wildman–Crippen LogP) is 0.231. The van der Waals surface area contributed by atoms with Crippen LogP contribution in [0, 0.1) is 0 Å². The summed E-state index contributed by atoms with van der Waals surface area (Å²) in [6.07, 6.45) is 0. The predicted molar refractivity (Wildman–Crippen MR) is 49.8 cm³/mol. The first-order valence-corrected chi connectivity index (χ1v) is 4.29. The molecule has 0 radical (unpaired) electrons. The molecule has 0 saturated carbocycles. The van der Waals surface area contributed by atoms with Crippen molar-refractivity contribution in [2.24, 2.45) is 0 Å². The Kier molecular flexibility index (Phi) is 5.16. The molecule has 12 heavy (non-hydrogen) atoms. The van der Waals surface area contributed by atoms with Crippen molar-refractivity contribution < 1.29 is 19.4 Å². The van der Waals surface area contributed by atoms with Crippen molar-refractivity contribution in [2.45, 2.75) is 17.4 Å². The Morgan fingerprint density at radius 1 is 1.42 bits per heavy atom. The number of carboxylic acid groups (broad SMARTS) is 1. The van der Waals surface area contributed by atoms with Crippen LogP contribution in [0.25, 0.3) is 0 Å². The van der Waals surface area contributed by atoms with Gasteiger partial charge >= 0.3 is 11.9 Å².